The van der Waals surface area contributed by atoms with Gasteiger partial charge in [0.25, 0.3) is 0 Å². The number of nitrogens with zero attached hydrogens (tertiary/aromatic N) is 2. The molecule has 2 aromatic heterocycles. The molecule has 0 fully saturated rings. The highest BCUT2D eigenvalue weighted by atomic mass is 32.2. The van der Waals surface area contributed by atoms with Gasteiger partial charge in [-0.3, -0.25) is 0 Å². The van der Waals surface area contributed by atoms with Crippen LogP contribution in [0, 0.1) is 6.92 Å². The third-order valence-corrected chi connectivity index (χ3v) is 4.34. The van der Waals surface area contributed by atoms with Crippen molar-refractivity contribution in [1.82, 2.24) is 9.38 Å². The number of hydrogen-bond donors (Lipinski definition) is 0. The van der Waals surface area contributed by atoms with Crippen LogP contribution in [0.4, 0.5) is 0 Å². The van der Waals surface area contributed by atoms with Gasteiger partial charge >= 0.3 is 5.97 Å². The first-order valence-corrected chi connectivity index (χ1v) is 7.90. The quantitative estimate of drug-likeness (QED) is 0.544. The van der Waals surface area contributed by atoms with Gasteiger partial charge < -0.3 is 9.14 Å². The number of aryl methyl sites for hydroxylation is 1. The number of ether oxygens (including phenoxy) is 1. The summed E-state index contributed by atoms with van der Waals surface area (Å²) in [5.74, 6) is 0.389. The van der Waals surface area contributed by atoms with Crippen LogP contribution in [0.2, 0.25) is 0 Å². The minimum atomic E-state index is -0.367. The Morgan fingerprint density at radius 2 is 2.18 bits per heavy atom. The fourth-order valence-corrected chi connectivity index (χ4v) is 3.16. The topological polar surface area (TPSA) is 43.6 Å². The predicted octanol–water partition coefficient (Wildman–Crippen LogP) is 3.72. The van der Waals surface area contributed by atoms with Crippen molar-refractivity contribution in [2.45, 2.75) is 17.6 Å². The number of hydrogen-bond acceptors (Lipinski definition) is 4. The highest BCUT2D eigenvalue weighted by Crippen LogP contribution is 2.24. The molecule has 2 heterocycles. The molecular weight excluding hydrogens is 296 g/mol. The van der Waals surface area contributed by atoms with Gasteiger partial charge in [0.2, 0.25) is 0 Å². The van der Waals surface area contributed by atoms with Crippen LogP contribution in [0.15, 0.2) is 53.7 Å². The summed E-state index contributed by atoms with van der Waals surface area (Å²) >= 11 is 1.73. The molecule has 0 spiro atoms. The van der Waals surface area contributed by atoms with Gasteiger partial charge in [0, 0.05) is 23.0 Å². The second-order valence-corrected chi connectivity index (χ2v) is 6.03. The first kappa shape index (κ1) is 14.7. The number of thioether (sulfide) groups is 1. The van der Waals surface area contributed by atoms with E-state index in [2.05, 4.69) is 36.2 Å². The van der Waals surface area contributed by atoms with Crippen LogP contribution in [0.25, 0.3) is 5.65 Å². The largest absolute Gasteiger partial charge is 0.465 e. The summed E-state index contributed by atoms with van der Waals surface area (Å²) < 4.78 is 6.66. The van der Waals surface area contributed by atoms with E-state index in [4.69, 9.17) is 4.74 Å². The van der Waals surface area contributed by atoms with E-state index in [0.29, 0.717) is 11.2 Å². The van der Waals surface area contributed by atoms with Gasteiger partial charge in [-0.15, -0.1) is 11.8 Å². The Labute approximate surface area is 133 Å². The van der Waals surface area contributed by atoms with Gasteiger partial charge in [0.15, 0.2) is 5.65 Å². The summed E-state index contributed by atoms with van der Waals surface area (Å²) in [5.41, 5.74) is 3.29. The molecule has 0 radical (unpaired) electrons. The van der Waals surface area contributed by atoms with Crippen LogP contribution in [0.5, 0.6) is 0 Å². The van der Waals surface area contributed by atoms with E-state index in [1.807, 2.05) is 22.9 Å². The van der Waals surface area contributed by atoms with E-state index in [1.165, 1.54) is 17.6 Å². The number of methoxy groups -OCH3 is 1. The molecule has 3 rings (SSSR count). The van der Waals surface area contributed by atoms with Crippen molar-refractivity contribution >= 4 is 23.4 Å². The zero-order valence-corrected chi connectivity index (χ0v) is 13.3. The maximum Gasteiger partial charge on any atom is 0.341 e. The van der Waals surface area contributed by atoms with Crippen LogP contribution < -0.4 is 0 Å². The van der Waals surface area contributed by atoms with E-state index < -0.39 is 0 Å². The van der Waals surface area contributed by atoms with Crippen molar-refractivity contribution in [3.05, 3.63) is 65.6 Å². The fourth-order valence-electron chi connectivity index (χ4n) is 2.27. The van der Waals surface area contributed by atoms with Crippen LogP contribution in [-0.2, 0) is 10.5 Å². The lowest BCUT2D eigenvalue weighted by Crippen LogP contribution is -2.03. The Hall–Kier alpha value is -2.27. The molecule has 0 atom stereocenters. The number of fused-ring (bicyclic) bond motifs is 1. The Morgan fingerprint density at radius 1 is 1.32 bits per heavy atom. The van der Waals surface area contributed by atoms with Gasteiger partial charge in [0.1, 0.15) is 5.56 Å². The summed E-state index contributed by atoms with van der Waals surface area (Å²) in [6, 6.07) is 11.9. The van der Waals surface area contributed by atoms with Crippen molar-refractivity contribution in [2.75, 3.05) is 7.11 Å². The number of rotatable bonds is 4. The van der Waals surface area contributed by atoms with Crippen molar-refractivity contribution in [3.63, 3.8) is 0 Å². The molecule has 4 nitrogen and oxygen atoms in total. The maximum absolute atomic E-state index is 11.8. The summed E-state index contributed by atoms with van der Waals surface area (Å²) in [4.78, 5) is 17.5. The molecule has 0 unspecified atom stereocenters. The van der Waals surface area contributed by atoms with Gasteiger partial charge in [-0.2, -0.15) is 0 Å². The molecule has 5 heteroatoms. The second-order valence-electron chi connectivity index (χ2n) is 4.98. The average molecular weight is 312 g/mol. The van der Waals surface area contributed by atoms with Crippen molar-refractivity contribution in [1.29, 1.82) is 0 Å². The average Bonchev–Trinajstić information content (AvgIpc) is 2.95. The predicted molar refractivity (Wildman–Crippen MR) is 87.3 cm³/mol. The molecule has 0 saturated carbocycles. The lowest BCUT2D eigenvalue weighted by molar-refractivity contribution is 0.0602. The van der Waals surface area contributed by atoms with Crippen molar-refractivity contribution in [2.24, 2.45) is 0 Å². The van der Waals surface area contributed by atoms with Crippen LogP contribution in [0.3, 0.4) is 0 Å². The Balaban J connectivity index is 1.85. The summed E-state index contributed by atoms with van der Waals surface area (Å²) in [6.07, 6.45) is 3.83. The first-order valence-electron chi connectivity index (χ1n) is 6.92. The number of imidazole rings is 1. The van der Waals surface area contributed by atoms with Crippen molar-refractivity contribution in [3.8, 4) is 0 Å². The number of aromatic nitrogens is 2. The highest BCUT2D eigenvalue weighted by molar-refractivity contribution is 7.98. The number of carbonyl (C=O) groups is 1. The van der Waals surface area contributed by atoms with Gasteiger partial charge in [0.05, 0.1) is 12.8 Å². The van der Waals surface area contributed by atoms with Crippen LogP contribution in [-0.4, -0.2) is 22.5 Å². The SMILES string of the molecule is COC(=O)c1cccn2cc(CSc3cccc(C)c3)nc12. The molecule has 22 heavy (non-hydrogen) atoms. The molecule has 0 aliphatic heterocycles. The van der Waals surface area contributed by atoms with Crippen LogP contribution >= 0.6 is 11.8 Å². The summed E-state index contributed by atoms with van der Waals surface area (Å²) in [7, 11) is 1.38. The van der Waals surface area contributed by atoms with E-state index >= 15 is 0 Å². The zero-order valence-electron chi connectivity index (χ0n) is 12.4. The lowest BCUT2D eigenvalue weighted by Gasteiger charge is -2.00. The molecule has 1 aromatic carbocycles. The number of esters is 1. The molecule has 0 amide bonds. The number of pyridine rings is 1. The number of carbonyl (C=O) groups excluding carboxylic acids is 1. The maximum atomic E-state index is 11.8. The molecule has 0 N–H and O–H groups in total. The zero-order chi connectivity index (χ0) is 15.5. The van der Waals surface area contributed by atoms with Crippen LogP contribution in [0.1, 0.15) is 21.6 Å². The molecule has 0 aliphatic rings. The Morgan fingerprint density at radius 3 is 2.95 bits per heavy atom. The van der Waals surface area contributed by atoms with E-state index in [1.54, 1.807) is 17.8 Å². The first-order chi connectivity index (χ1) is 10.7. The fraction of sp³-hybridized carbons (Fsp3) is 0.176. The smallest absolute Gasteiger partial charge is 0.341 e. The van der Waals surface area contributed by atoms with E-state index in [-0.39, 0.29) is 5.97 Å². The Bertz CT molecular complexity index is 826. The van der Waals surface area contributed by atoms with Gasteiger partial charge in [-0.25, -0.2) is 9.78 Å². The number of benzene rings is 1. The molecule has 3 aromatic rings. The second kappa shape index (κ2) is 6.23. The lowest BCUT2D eigenvalue weighted by atomic mass is 10.2. The minimum absolute atomic E-state index is 0.367. The molecule has 0 aliphatic carbocycles. The van der Waals surface area contributed by atoms with Gasteiger partial charge in [-0.05, 0) is 31.2 Å². The third kappa shape index (κ3) is 2.99. The monoisotopic (exact) mass is 312 g/mol. The van der Waals surface area contributed by atoms with E-state index in [9.17, 15) is 4.79 Å². The molecule has 0 bridgehead atoms. The molecule has 0 saturated heterocycles. The summed E-state index contributed by atoms with van der Waals surface area (Å²) in [6.45, 7) is 2.08. The molecular formula is C17H16N2O2S. The van der Waals surface area contributed by atoms with Crippen molar-refractivity contribution < 1.29 is 9.53 Å². The van der Waals surface area contributed by atoms with E-state index in [0.717, 1.165) is 11.4 Å². The summed E-state index contributed by atoms with van der Waals surface area (Å²) in [5, 5.41) is 0. The molecule has 112 valence electrons. The van der Waals surface area contributed by atoms with Gasteiger partial charge in [-0.1, -0.05) is 17.7 Å². The third-order valence-electron chi connectivity index (χ3n) is 3.31. The standard InChI is InChI=1S/C17H16N2O2S/c1-12-5-3-6-14(9-12)22-11-13-10-19-8-4-7-15(16(19)18-13)17(20)21-2/h3-10H,11H2,1-2H3. The minimum Gasteiger partial charge on any atom is -0.465 e. The highest BCUT2D eigenvalue weighted by Gasteiger charge is 2.13. The Kier molecular flexibility index (Phi) is 4.15. The normalized spacial score (nSPS) is 10.8.